The van der Waals surface area contributed by atoms with Crippen molar-refractivity contribution in [1.29, 1.82) is 0 Å². The second-order valence-corrected chi connectivity index (χ2v) is 8.55. The highest BCUT2D eigenvalue weighted by Gasteiger charge is 2.23. The van der Waals surface area contributed by atoms with Gasteiger partial charge in [0, 0.05) is 39.8 Å². The molecule has 164 valence electrons. The molecule has 0 atom stereocenters. The van der Waals surface area contributed by atoms with Gasteiger partial charge in [0.05, 0.1) is 6.10 Å². The SMILES string of the molecule is CN=C(NCCC1CC1)N1CCC(OCCCNC(=O)OC(C)(C)C)CC1.I. The monoisotopic (exact) mass is 510 g/mol. The van der Waals surface area contributed by atoms with Crippen molar-refractivity contribution in [3.63, 3.8) is 0 Å². The zero-order valence-corrected chi connectivity index (χ0v) is 20.3. The van der Waals surface area contributed by atoms with Gasteiger partial charge < -0.3 is 25.0 Å². The van der Waals surface area contributed by atoms with E-state index in [9.17, 15) is 4.79 Å². The summed E-state index contributed by atoms with van der Waals surface area (Å²) >= 11 is 0. The Bertz CT molecular complexity index is 484. The Balaban J connectivity index is 0.00000392. The van der Waals surface area contributed by atoms with Crippen molar-refractivity contribution in [1.82, 2.24) is 15.5 Å². The van der Waals surface area contributed by atoms with Crippen molar-refractivity contribution in [2.24, 2.45) is 10.9 Å². The van der Waals surface area contributed by atoms with E-state index in [4.69, 9.17) is 9.47 Å². The first kappa shape index (κ1) is 25.3. The van der Waals surface area contributed by atoms with Crippen LogP contribution in [0.1, 0.15) is 59.3 Å². The van der Waals surface area contributed by atoms with E-state index in [1.165, 1.54) is 19.3 Å². The number of nitrogens with zero attached hydrogens (tertiary/aromatic N) is 2. The summed E-state index contributed by atoms with van der Waals surface area (Å²) in [6, 6.07) is 0. The Morgan fingerprint density at radius 1 is 1.11 bits per heavy atom. The first-order valence-corrected chi connectivity index (χ1v) is 10.4. The largest absolute Gasteiger partial charge is 0.444 e. The van der Waals surface area contributed by atoms with Crippen molar-refractivity contribution >= 4 is 36.0 Å². The quantitative estimate of drug-likeness (QED) is 0.227. The van der Waals surface area contributed by atoms with Crippen LogP contribution in [0, 0.1) is 5.92 Å². The van der Waals surface area contributed by atoms with Gasteiger partial charge in [-0.05, 0) is 52.4 Å². The highest BCUT2D eigenvalue weighted by Crippen LogP contribution is 2.31. The number of rotatable bonds is 8. The zero-order chi connectivity index (χ0) is 19.7. The number of carbonyl (C=O) groups excluding carboxylic acids is 1. The number of hydrogen-bond acceptors (Lipinski definition) is 4. The molecule has 0 radical (unpaired) electrons. The summed E-state index contributed by atoms with van der Waals surface area (Å²) in [6.45, 7) is 9.80. The smallest absolute Gasteiger partial charge is 0.407 e. The average molecular weight is 510 g/mol. The summed E-state index contributed by atoms with van der Waals surface area (Å²) in [4.78, 5) is 18.3. The van der Waals surface area contributed by atoms with E-state index >= 15 is 0 Å². The van der Waals surface area contributed by atoms with Gasteiger partial charge in [-0.1, -0.05) is 12.8 Å². The van der Waals surface area contributed by atoms with Crippen LogP contribution in [0.5, 0.6) is 0 Å². The highest BCUT2D eigenvalue weighted by atomic mass is 127. The molecule has 0 aromatic heterocycles. The molecule has 1 heterocycles. The minimum absolute atomic E-state index is 0. The molecule has 8 heteroatoms. The summed E-state index contributed by atoms with van der Waals surface area (Å²) in [5.74, 6) is 1.97. The third-order valence-electron chi connectivity index (χ3n) is 4.83. The van der Waals surface area contributed by atoms with Crippen LogP contribution in [0.4, 0.5) is 4.79 Å². The number of piperidine rings is 1. The van der Waals surface area contributed by atoms with E-state index in [2.05, 4.69) is 20.5 Å². The molecule has 1 aliphatic heterocycles. The molecule has 2 fully saturated rings. The Morgan fingerprint density at radius 3 is 2.36 bits per heavy atom. The summed E-state index contributed by atoms with van der Waals surface area (Å²) in [5, 5.41) is 6.26. The fourth-order valence-corrected chi connectivity index (χ4v) is 3.19. The van der Waals surface area contributed by atoms with Crippen LogP contribution in [0.15, 0.2) is 4.99 Å². The molecule has 1 aliphatic carbocycles. The molecule has 1 saturated heterocycles. The van der Waals surface area contributed by atoms with E-state index in [1.54, 1.807) is 0 Å². The van der Waals surface area contributed by atoms with Crippen LogP contribution >= 0.6 is 24.0 Å². The van der Waals surface area contributed by atoms with Gasteiger partial charge in [-0.3, -0.25) is 4.99 Å². The number of aliphatic imine (C=N–C) groups is 1. The second-order valence-electron chi connectivity index (χ2n) is 8.55. The van der Waals surface area contributed by atoms with Crippen molar-refractivity contribution in [2.75, 3.05) is 39.8 Å². The normalized spacial score (nSPS) is 18.4. The molecule has 2 aliphatic rings. The van der Waals surface area contributed by atoms with E-state index in [1.807, 2.05) is 27.8 Å². The van der Waals surface area contributed by atoms with Gasteiger partial charge in [0.2, 0.25) is 0 Å². The number of halogens is 1. The van der Waals surface area contributed by atoms with Crippen molar-refractivity contribution in [3.8, 4) is 0 Å². The van der Waals surface area contributed by atoms with Crippen molar-refractivity contribution in [2.45, 2.75) is 71.0 Å². The van der Waals surface area contributed by atoms with Crippen LogP contribution in [0.25, 0.3) is 0 Å². The van der Waals surface area contributed by atoms with Crippen LogP contribution in [-0.4, -0.2) is 68.5 Å². The van der Waals surface area contributed by atoms with Gasteiger partial charge >= 0.3 is 6.09 Å². The highest BCUT2D eigenvalue weighted by molar-refractivity contribution is 14.0. The van der Waals surface area contributed by atoms with Crippen LogP contribution in [0.3, 0.4) is 0 Å². The number of carbonyl (C=O) groups is 1. The maximum absolute atomic E-state index is 11.6. The number of nitrogens with one attached hydrogen (secondary N) is 2. The summed E-state index contributed by atoms with van der Waals surface area (Å²) < 4.78 is 11.2. The minimum Gasteiger partial charge on any atom is -0.444 e. The number of amides is 1. The lowest BCUT2D eigenvalue weighted by Gasteiger charge is -2.34. The van der Waals surface area contributed by atoms with Crippen LogP contribution in [-0.2, 0) is 9.47 Å². The predicted molar refractivity (Wildman–Crippen MR) is 124 cm³/mol. The molecule has 1 saturated carbocycles. The lowest BCUT2D eigenvalue weighted by molar-refractivity contribution is 0.0170. The Kier molecular flexibility index (Phi) is 11.5. The Hall–Kier alpha value is -0.770. The van der Waals surface area contributed by atoms with Gasteiger partial charge in [-0.2, -0.15) is 0 Å². The van der Waals surface area contributed by atoms with E-state index in [0.717, 1.165) is 50.8 Å². The molecule has 0 spiro atoms. The third kappa shape index (κ3) is 10.7. The molecule has 0 unspecified atom stereocenters. The maximum Gasteiger partial charge on any atom is 0.407 e. The fraction of sp³-hybridized carbons (Fsp3) is 0.900. The number of ether oxygens (including phenoxy) is 2. The standard InChI is InChI=1S/C20H38N4O3.HI/c1-20(2,3)27-19(25)23-11-5-15-26-17-9-13-24(14-10-17)18(21-4)22-12-8-16-6-7-16;/h16-17H,5-15H2,1-4H3,(H,21,22)(H,23,25);1H. The lowest BCUT2D eigenvalue weighted by Crippen LogP contribution is -2.47. The first-order valence-electron chi connectivity index (χ1n) is 10.4. The average Bonchev–Trinajstić information content (AvgIpc) is 3.42. The van der Waals surface area contributed by atoms with Gasteiger partial charge in [-0.25, -0.2) is 4.79 Å². The molecule has 1 amide bonds. The fourth-order valence-electron chi connectivity index (χ4n) is 3.19. The first-order chi connectivity index (χ1) is 12.9. The number of alkyl carbamates (subject to hydrolysis) is 1. The van der Waals surface area contributed by atoms with Crippen molar-refractivity contribution < 1.29 is 14.3 Å². The van der Waals surface area contributed by atoms with Gasteiger partial charge in [0.15, 0.2) is 5.96 Å². The number of hydrogen-bond donors (Lipinski definition) is 2. The third-order valence-corrected chi connectivity index (χ3v) is 4.83. The summed E-state index contributed by atoms with van der Waals surface area (Å²) in [7, 11) is 1.86. The van der Waals surface area contributed by atoms with Gasteiger partial charge in [0.25, 0.3) is 0 Å². The molecular weight excluding hydrogens is 471 g/mol. The number of guanidine groups is 1. The number of likely N-dealkylation sites (tertiary alicyclic amines) is 1. The molecule has 2 rings (SSSR count). The summed E-state index contributed by atoms with van der Waals surface area (Å²) in [5.41, 5.74) is -0.456. The molecule has 0 aromatic rings. The molecular formula is C20H39IN4O3. The second kappa shape index (κ2) is 12.7. The topological polar surface area (TPSA) is 75.2 Å². The van der Waals surface area contributed by atoms with Gasteiger partial charge in [-0.15, -0.1) is 24.0 Å². The molecule has 0 aromatic carbocycles. The van der Waals surface area contributed by atoms with E-state index in [0.29, 0.717) is 19.3 Å². The molecule has 7 nitrogen and oxygen atoms in total. The lowest BCUT2D eigenvalue weighted by atomic mass is 10.1. The maximum atomic E-state index is 11.6. The van der Waals surface area contributed by atoms with Crippen LogP contribution in [0.2, 0.25) is 0 Å². The summed E-state index contributed by atoms with van der Waals surface area (Å²) in [6.07, 6.45) is 6.82. The van der Waals surface area contributed by atoms with E-state index < -0.39 is 5.60 Å². The minimum atomic E-state index is -0.456. The van der Waals surface area contributed by atoms with Crippen LogP contribution < -0.4 is 10.6 Å². The molecule has 2 N–H and O–H groups in total. The Morgan fingerprint density at radius 2 is 1.79 bits per heavy atom. The van der Waals surface area contributed by atoms with Crippen molar-refractivity contribution in [3.05, 3.63) is 0 Å². The molecule has 28 heavy (non-hydrogen) atoms. The molecule has 0 bridgehead atoms. The Labute approximate surface area is 187 Å². The van der Waals surface area contributed by atoms with Gasteiger partial charge in [0.1, 0.15) is 5.60 Å². The predicted octanol–water partition coefficient (Wildman–Crippen LogP) is 3.38. The zero-order valence-electron chi connectivity index (χ0n) is 18.0. The van der Waals surface area contributed by atoms with E-state index in [-0.39, 0.29) is 30.1 Å².